The van der Waals surface area contributed by atoms with Gasteiger partial charge in [-0.2, -0.15) is 0 Å². The normalized spacial score (nSPS) is 12.5. The average Bonchev–Trinajstić information content (AvgIpc) is 2.28. The number of nitrogens with zero attached hydrogens (tertiary/aromatic N) is 1. The minimum atomic E-state index is -0.646. The van der Waals surface area contributed by atoms with Gasteiger partial charge in [0.2, 0.25) is 0 Å². The molecule has 0 aliphatic carbocycles. The number of pyridine rings is 1. The van der Waals surface area contributed by atoms with Crippen LogP contribution in [0.25, 0.3) is 0 Å². The van der Waals surface area contributed by atoms with Crippen LogP contribution in [0, 0.1) is 11.6 Å². The van der Waals surface area contributed by atoms with Crippen molar-refractivity contribution in [2.45, 2.75) is 6.04 Å². The molecule has 2 nitrogen and oxygen atoms in total. The van der Waals surface area contributed by atoms with E-state index in [-0.39, 0.29) is 0 Å². The molecule has 2 rings (SSSR count). The molecule has 0 fully saturated rings. The molecule has 0 saturated heterocycles. The van der Waals surface area contributed by atoms with E-state index in [0.29, 0.717) is 11.3 Å². The maximum atomic E-state index is 13.0. The Bertz CT molecular complexity index is 508. The van der Waals surface area contributed by atoms with Gasteiger partial charge in [-0.3, -0.25) is 4.98 Å². The SMILES string of the molecule is NC(c1cc(F)cc(F)c1)c1ccc(Br)cn1. The predicted octanol–water partition coefficient (Wildman–Crippen LogP) is 3.17. The van der Waals surface area contributed by atoms with Crippen molar-refractivity contribution in [3.63, 3.8) is 0 Å². The summed E-state index contributed by atoms with van der Waals surface area (Å²) in [7, 11) is 0. The van der Waals surface area contributed by atoms with Crippen LogP contribution in [-0.2, 0) is 0 Å². The first-order valence-electron chi connectivity index (χ1n) is 4.89. The van der Waals surface area contributed by atoms with Crippen LogP contribution >= 0.6 is 15.9 Å². The topological polar surface area (TPSA) is 38.9 Å². The molecule has 0 saturated carbocycles. The largest absolute Gasteiger partial charge is 0.319 e. The van der Waals surface area contributed by atoms with E-state index in [0.717, 1.165) is 10.5 Å². The third-order valence-electron chi connectivity index (χ3n) is 2.31. The van der Waals surface area contributed by atoms with Crippen molar-refractivity contribution in [1.82, 2.24) is 4.98 Å². The molecule has 1 heterocycles. The fraction of sp³-hybridized carbons (Fsp3) is 0.0833. The maximum Gasteiger partial charge on any atom is 0.126 e. The zero-order chi connectivity index (χ0) is 12.4. The van der Waals surface area contributed by atoms with Gasteiger partial charge in [-0.05, 0) is 45.8 Å². The highest BCUT2D eigenvalue weighted by molar-refractivity contribution is 9.10. The highest BCUT2D eigenvalue weighted by Gasteiger charge is 2.12. The number of aromatic nitrogens is 1. The summed E-state index contributed by atoms with van der Waals surface area (Å²) in [6.07, 6.45) is 1.59. The second kappa shape index (κ2) is 4.89. The molecule has 0 spiro atoms. The summed E-state index contributed by atoms with van der Waals surface area (Å²) in [5.74, 6) is -1.29. The Hall–Kier alpha value is -1.33. The summed E-state index contributed by atoms with van der Waals surface area (Å²) in [5, 5.41) is 0. The van der Waals surface area contributed by atoms with Crippen molar-refractivity contribution in [3.05, 3.63) is 63.9 Å². The van der Waals surface area contributed by atoms with Crippen molar-refractivity contribution in [2.24, 2.45) is 5.73 Å². The highest BCUT2D eigenvalue weighted by atomic mass is 79.9. The van der Waals surface area contributed by atoms with E-state index >= 15 is 0 Å². The van der Waals surface area contributed by atoms with Gasteiger partial charge in [-0.15, -0.1) is 0 Å². The number of benzene rings is 1. The number of rotatable bonds is 2. The summed E-state index contributed by atoms with van der Waals surface area (Å²) < 4.78 is 26.9. The summed E-state index contributed by atoms with van der Waals surface area (Å²) >= 11 is 3.25. The Morgan fingerprint density at radius 1 is 1.12 bits per heavy atom. The zero-order valence-corrected chi connectivity index (χ0v) is 10.3. The van der Waals surface area contributed by atoms with Crippen LogP contribution in [0.4, 0.5) is 8.78 Å². The Labute approximate surface area is 106 Å². The molecule has 0 radical (unpaired) electrons. The van der Waals surface area contributed by atoms with Crippen molar-refractivity contribution >= 4 is 15.9 Å². The number of hydrogen-bond donors (Lipinski definition) is 1. The molecule has 2 N–H and O–H groups in total. The average molecular weight is 299 g/mol. The molecular weight excluding hydrogens is 290 g/mol. The molecule has 88 valence electrons. The zero-order valence-electron chi connectivity index (χ0n) is 8.70. The molecule has 1 aromatic heterocycles. The smallest absolute Gasteiger partial charge is 0.126 e. The van der Waals surface area contributed by atoms with E-state index in [2.05, 4.69) is 20.9 Å². The van der Waals surface area contributed by atoms with Gasteiger partial charge in [0.25, 0.3) is 0 Å². The van der Waals surface area contributed by atoms with Gasteiger partial charge in [-0.25, -0.2) is 8.78 Å². The van der Waals surface area contributed by atoms with Gasteiger partial charge in [0.1, 0.15) is 11.6 Å². The van der Waals surface area contributed by atoms with Gasteiger partial charge < -0.3 is 5.73 Å². The van der Waals surface area contributed by atoms with Crippen molar-refractivity contribution in [3.8, 4) is 0 Å². The third kappa shape index (κ3) is 2.87. The van der Waals surface area contributed by atoms with Gasteiger partial charge in [0.15, 0.2) is 0 Å². The summed E-state index contributed by atoms with van der Waals surface area (Å²) in [6, 6.07) is 6.06. The van der Waals surface area contributed by atoms with Crippen LogP contribution in [0.2, 0.25) is 0 Å². The van der Waals surface area contributed by atoms with Crippen LogP contribution in [0.15, 0.2) is 41.0 Å². The first-order valence-corrected chi connectivity index (χ1v) is 5.68. The first kappa shape index (κ1) is 12.1. The van der Waals surface area contributed by atoms with Gasteiger partial charge in [0.05, 0.1) is 11.7 Å². The fourth-order valence-electron chi connectivity index (χ4n) is 1.50. The summed E-state index contributed by atoms with van der Waals surface area (Å²) in [5.41, 5.74) is 6.81. The third-order valence-corrected chi connectivity index (χ3v) is 2.78. The first-order chi connectivity index (χ1) is 8.06. The molecule has 1 unspecified atom stereocenters. The van der Waals surface area contributed by atoms with Crippen LogP contribution in [0.3, 0.4) is 0 Å². The fourth-order valence-corrected chi connectivity index (χ4v) is 1.73. The van der Waals surface area contributed by atoms with Crippen LogP contribution in [-0.4, -0.2) is 4.98 Å². The molecule has 0 aliphatic rings. The van der Waals surface area contributed by atoms with Gasteiger partial charge in [-0.1, -0.05) is 0 Å². The maximum absolute atomic E-state index is 13.0. The minimum Gasteiger partial charge on any atom is -0.319 e. The molecule has 0 amide bonds. The molecule has 1 atom stereocenters. The molecule has 0 aliphatic heterocycles. The van der Waals surface area contributed by atoms with E-state index in [9.17, 15) is 8.78 Å². The van der Waals surface area contributed by atoms with Gasteiger partial charge in [0, 0.05) is 16.7 Å². The van der Waals surface area contributed by atoms with E-state index < -0.39 is 17.7 Å². The van der Waals surface area contributed by atoms with E-state index in [1.54, 1.807) is 18.3 Å². The van der Waals surface area contributed by atoms with Crippen LogP contribution < -0.4 is 5.73 Å². The molecule has 1 aromatic carbocycles. The lowest BCUT2D eigenvalue weighted by Crippen LogP contribution is -2.13. The van der Waals surface area contributed by atoms with Gasteiger partial charge >= 0.3 is 0 Å². The van der Waals surface area contributed by atoms with Crippen molar-refractivity contribution in [1.29, 1.82) is 0 Å². The molecule has 0 bridgehead atoms. The Kier molecular flexibility index (Phi) is 3.49. The predicted molar refractivity (Wildman–Crippen MR) is 64.3 cm³/mol. The number of nitrogens with two attached hydrogens (primary N) is 1. The second-order valence-corrected chi connectivity index (χ2v) is 4.50. The lowest BCUT2D eigenvalue weighted by Gasteiger charge is -2.11. The van der Waals surface area contributed by atoms with E-state index in [4.69, 9.17) is 5.73 Å². The molecular formula is C12H9BrF2N2. The monoisotopic (exact) mass is 298 g/mol. The van der Waals surface area contributed by atoms with Crippen molar-refractivity contribution in [2.75, 3.05) is 0 Å². The second-order valence-electron chi connectivity index (χ2n) is 3.58. The van der Waals surface area contributed by atoms with Crippen LogP contribution in [0.5, 0.6) is 0 Å². The summed E-state index contributed by atoms with van der Waals surface area (Å²) in [4.78, 5) is 4.10. The lowest BCUT2D eigenvalue weighted by molar-refractivity contribution is 0.577. The van der Waals surface area contributed by atoms with E-state index in [1.807, 2.05) is 0 Å². The minimum absolute atomic E-state index is 0.359. The summed E-state index contributed by atoms with van der Waals surface area (Å²) in [6.45, 7) is 0. The Morgan fingerprint density at radius 2 is 1.76 bits per heavy atom. The molecule has 5 heteroatoms. The Balaban J connectivity index is 2.36. The lowest BCUT2D eigenvalue weighted by atomic mass is 10.0. The number of hydrogen-bond acceptors (Lipinski definition) is 2. The molecule has 2 aromatic rings. The van der Waals surface area contributed by atoms with Crippen molar-refractivity contribution < 1.29 is 8.78 Å². The van der Waals surface area contributed by atoms with Crippen LogP contribution in [0.1, 0.15) is 17.3 Å². The highest BCUT2D eigenvalue weighted by Crippen LogP contribution is 2.20. The number of halogens is 3. The molecule has 17 heavy (non-hydrogen) atoms. The standard InChI is InChI=1S/C12H9BrF2N2/c13-8-1-2-11(17-6-8)12(16)7-3-9(14)5-10(15)4-7/h1-6,12H,16H2. The Morgan fingerprint density at radius 3 is 2.29 bits per heavy atom. The van der Waals surface area contributed by atoms with E-state index in [1.165, 1.54) is 12.1 Å². The quantitative estimate of drug-likeness (QED) is 0.925.